The van der Waals surface area contributed by atoms with Gasteiger partial charge in [0.15, 0.2) is 0 Å². The third-order valence-electron chi connectivity index (χ3n) is 4.50. The van der Waals surface area contributed by atoms with Crippen LogP contribution >= 0.6 is 0 Å². The molecule has 4 N–H and O–H groups in total. The van der Waals surface area contributed by atoms with Crippen LogP contribution in [0.25, 0.3) is 0 Å². The molecule has 3 rings (SSSR count). The summed E-state index contributed by atoms with van der Waals surface area (Å²) in [5.41, 5.74) is 8.48. The molecule has 0 bridgehead atoms. The molecule has 0 aliphatic carbocycles. The maximum atomic E-state index is 9.16. The first-order valence-corrected chi connectivity index (χ1v) is 9.02. The maximum Gasteiger partial charge on any atom is 0.229 e. The third kappa shape index (κ3) is 4.03. The first-order chi connectivity index (χ1) is 12.6. The molecular formula is C19H25N7. The number of nitrogens with one attached hydrogen (secondary N) is 2. The summed E-state index contributed by atoms with van der Waals surface area (Å²) in [6.45, 7) is 7.15. The number of hydrogen-bond donors (Lipinski definition) is 3. The number of hydrogen-bond acceptors (Lipinski definition) is 7. The van der Waals surface area contributed by atoms with Crippen molar-refractivity contribution in [3.05, 3.63) is 35.5 Å². The van der Waals surface area contributed by atoms with Gasteiger partial charge in [-0.15, -0.1) is 0 Å². The van der Waals surface area contributed by atoms with E-state index in [0.29, 0.717) is 23.2 Å². The molecule has 0 spiro atoms. The summed E-state index contributed by atoms with van der Waals surface area (Å²) in [5, 5.41) is 15.8. The van der Waals surface area contributed by atoms with Gasteiger partial charge in [-0.1, -0.05) is 13.3 Å². The van der Waals surface area contributed by atoms with E-state index in [-0.39, 0.29) is 0 Å². The van der Waals surface area contributed by atoms with E-state index < -0.39 is 0 Å². The molecule has 7 nitrogen and oxygen atoms in total. The summed E-state index contributed by atoms with van der Waals surface area (Å²) in [6.07, 6.45) is 1.92. The molecule has 26 heavy (non-hydrogen) atoms. The van der Waals surface area contributed by atoms with Crippen molar-refractivity contribution in [2.24, 2.45) is 0 Å². The van der Waals surface area contributed by atoms with Gasteiger partial charge in [0.05, 0.1) is 5.56 Å². The number of piperazine rings is 1. The summed E-state index contributed by atoms with van der Waals surface area (Å²) < 4.78 is 0. The number of rotatable bonds is 5. The maximum absolute atomic E-state index is 9.16. The van der Waals surface area contributed by atoms with Crippen molar-refractivity contribution in [3.8, 4) is 6.07 Å². The van der Waals surface area contributed by atoms with Gasteiger partial charge < -0.3 is 21.3 Å². The Kier molecular flexibility index (Phi) is 5.54. The van der Waals surface area contributed by atoms with Gasteiger partial charge in [-0.25, -0.2) is 4.98 Å². The molecule has 0 radical (unpaired) electrons. The monoisotopic (exact) mass is 351 g/mol. The van der Waals surface area contributed by atoms with Crippen molar-refractivity contribution in [1.82, 2.24) is 15.3 Å². The third-order valence-corrected chi connectivity index (χ3v) is 4.50. The van der Waals surface area contributed by atoms with Crippen LogP contribution in [-0.2, 0) is 6.42 Å². The minimum Gasteiger partial charge on any atom is -0.398 e. The molecule has 1 aromatic heterocycles. The highest BCUT2D eigenvalue weighted by molar-refractivity contribution is 5.65. The summed E-state index contributed by atoms with van der Waals surface area (Å²) in [6, 6.07) is 9.83. The first kappa shape index (κ1) is 18.0. The van der Waals surface area contributed by atoms with Gasteiger partial charge in [0.1, 0.15) is 11.9 Å². The lowest BCUT2D eigenvalue weighted by atomic mass is 10.2. The average Bonchev–Trinajstić information content (AvgIpc) is 2.64. The second-order valence-corrected chi connectivity index (χ2v) is 6.58. The number of benzene rings is 1. The lowest BCUT2D eigenvalue weighted by Gasteiger charge is -2.35. The zero-order valence-electron chi connectivity index (χ0n) is 15.3. The summed E-state index contributed by atoms with van der Waals surface area (Å²) >= 11 is 0. The van der Waals surface area contributed by atoms with Crippen LogP contribution in [0, 0.1) is 11.3 Å². The van der Waals surface area contributed by atoms with Crippen LogP contribution in [0.1, 0.15) is 31.5 Å². The van der Waals surface area contributed by atoms with Gasteiger partial charge in [0, 0.05) is 48.8 Å². The number of aromatic nitrogens is 2. The predicted molar refractivity (Wildman–Crippen MR) is 105 cm³/mol. The number of nitrogen functional groups attached to an aromatic ring is 1. The van der Waals surface area contributed by atoms with Gasteiger partial charge >= 0.3 is 0 Å². The molecule has 7 heteroatoms. The van der Waals surface area contributed by atoms with Gasteiger partial charge in [0.2, 0.25) is 5.95 Å². The number of nitriles is 1. The van der Waals surface area contributed by atoms with E-state index in [0.717, 1.165) is 49.7 Å². The Bertz CT molecular complexity index is 812. The number of nitrogens with two attached hydrogens (primary N) is 1. The number of nitrogens with zero attached hydrogens (tertiary/aromatic N) is 4. The summed E-state index contributed by atoms with van der Waals surface area (Å²) in [7, 11) is 0. The van der Waals surface area contributed by atoms with Crippen LogP contribution in [0.5, 0.6) is 0 Å². The number of anilines is 4. The lowest BCUT2D eigenvalue weighted by molar-refractivity contribution is 0.497. The molecule has 2 aromatic rings. The molecule has 1 saturated heterocycles. The first-order valence-electron chi connectivity index (χ1n) is 9.02. The highest BCUT2D eigenvalue weighted by Gasteiger charge is 2.20. The van der Waals surface area contributed by atoms with Crippen LogP contribution < -0.4 is 21.3 Å². The van der Waals surface area contributed by atoms with Crippen molar-refractivity contribution in [2.75, 3.05) is 35.6 Å². The van der Waals surface area contributed by atoms with Gasteiger partial charge in [-0.3, -0.25) is 0 Å². The Morgan fingerprint density at radius 2 is 2.23 bits per heavy atom. The minimum absolute atomic E-state index is 0.377. The van der Waals surface area contributed by atoms with Crippen LogP contribution in [0.4, 0.5) is 23.1 Å². The van der Waals surface area contributed by atoms with E-state index >= 15 is 0 Å². The molecular weight excluding hydrogens is 326 g/mol. The SMILES string of the molecule is CCCc1cc(N2CCNCC2C)nc(Nc2ccc(N)c(C#N)c2)n1. The molecule has 1 atom stereocenters. The zero-order valence-corrected chi connectivity index (χ0v) is 15.3. The highest BCUT2D eigenvalue weighted by Crippen LogP contribution is 2.23. The van der Waals surface area contributed by atoms with E-state index in [1.165, 1.54) is 0 Å². The highest BCUT2D eigenvalue weighted by atomic mass is 15.3. The molecule has 1 aromatic carbocycles. The van der Waals surface area contributed by atoms with Gasteiger partial charge in [-0.05, 0) is 31.5 Å². The van der Waals surface area contributed by atoms with Crippen LogP contribution in [0.3, 0.4) is 0 Å². The van der Waals surface area contributed by atoms with Gasteiger partial charge in [-0.2, -0.15) is 10.2 Å². The summed E-state index contributed by atoms with van der Waals surface area (Å²) in [5.74, 6) is 1.49. The molecule has 1 fully saturated rings. The van der Waals surface area contributed by atoms with Crippen molar-refractivity contribution in [1.29, 1.82) is 5.26 Å². The van der Waals surface area contributed by atoms with E-state index in [1.54, 1.807) is 12.1 Å². The zero-order chi connectivity index (χ0) is 18.5. The fourth-order valence-electron chi connectivity index (χ4n) is 3.11. The second kappa shape index (κ2) is 8.02. The molecule has 2 heterocycles. The fraction of sp³-hybridized carbons (Fsp3) is 0.421. The average molecular weight is 351 g/mol. The molecule has 1 aliphatic rings. The van der Waals surface area contributed by atoms with E-state index in [4.69, 9.17) is 16.0 Å². The van der Waals surface area contributed by atoms with Crippen molar-refractivity contribution < 1.29 is 0 Å². The lowest BCUT2D eigenvalue weighted by Crippen LogP contribution is -2.50. The number of aryl methyl sites for hydroxylation is 1. The smallest absolute Gasteiger partial charge is 0.229 e. The predicted octanol–water partition coefficient (Wildman–Crippen LogP) is 2.42. The Morgan fingerprint density at radius 3 is 2.96 bits per heavy atom. The molecule has 0 saturated carbocycles. The molecule has 136 valence electrons. The van der Waals surface area contributed by atoms with Crippen LogP contribution in [-0.4, -0.2) is 35.6 Å². The van der Waals surface area contributed by atoms with E-state index in [2.05, 4.69) is 46.5 Å². The molecule has 0 amide bonds. The Hall–Kier alpha value is -2.85. The molecule has 1 aliphatic heterocycles. The Morgan fingerprint density at radius 1 is 1.38 bits per heavy atom. The van der Waals surface area contributed by atoms with Crippen LogP contribution in [0.2, 0.25) is 0 Å². The Balaban J connectivity index is 1.92. The van der Waals surface area contributed by atoms with Crippen molar-refractivity contribution in [3.63, 3.8) is 0 Å². The quantitative estimate of drug-likeness (QED) is 0.711. The van der Waals surface area contributed by atoms with E-state index in [1.807, 2.05) is 6.07 Å². The van der Waals surface area contributed by atoms with Crippen LogP contribution in [0.15, 0.2) is 24.3 Å². The minimum atomic E-state index is 0.377. The van der Waals surface area contributed by atoms with Crippen molar-refractivity contribution in [2.45, 2.75) is 32.7 Å². The normalized spacial score (nSPS) is 17.0. The topological polar surface area (TPSA) is 103 Å². The molecule has 1 unspecified atom stereocenters. The van der Waals surface area contributed by atoms with Crippen molar-refractivity contribution >= 4 is 23.1 Å². The summed E-state index contributed by atoms with van der Waals surface area (Å²) in [4.78, 5) is 11.7. The Labute approximate surface area is 154 Å². The fourth-order valence-corrected chi connectivity index (χ4v) is 3.11. The standard InChI is InChI=1S/C19H25N7/c1-3-4-15-10-18(26-8-7-22-12-13(26)2)25-19(23-15)24-16-5-6-17(21)14(9-16)11-20/h5-6,9-10,13,22H,3-4,7-8,12,21H2,1-2H3,(H,23,24,25). The second-order valence-electron chi connectivity index (χ2n) is 6.58. The van der Waals surface area contributed by atoms with Gasteiger partial charge in [0.25, 0.3) is 0 Å². The van der Waals surface area contributed by atoms with E-state index in [9.17, 15) is 0 Å². The largest absolute Gasteiger partial charge is 0.398 e.